The summed E-state index contributed by atoms with van der Waals surface area (Å²) in [7, 11) is 1.72. The average Bonchev–Trinajstić information content (AvgIpc) is 1.68. The Balaban J connectivity index is -0.0000000180. The molecule has 12 heavy (non-hydrogen) atoms. The normalized spacial score (nSPS) is 3.92. The first kappa shape index (κ1) is 42.8. The van der Waals surface area contributed by atoms with Gasteiger partial charge in [0.1, 0.15) is 6.73 Å². The van der Waals surface area contributed by atoms with Crippen molar-refractivity contribution in [2.24, 2.45) is 0 Å². The van der Waals surface area contributed by atoms with E-state index in [9.17, 15) is 0 Å². The Morgan fingerprint density at radius 3 is 1.58 bits per heavy atom. The molecular formula is C9H27NO2. The fraction of sp³-hybridized carbons (Fsp3) is 0.778. The van der Waals surface area contributed by atoms with Gasteiger partial charge in [-0.05, 0) is 6.92 Å². The molecule has 3 heteroatoms. The van der Waals surface area contributed by atoms with Gasteiger partial charge >= 0.3 is 0 Å². The predicted octanol–water partition coefficient (Wildman–Crippen LogP) is 1.57. The van der Waals surface area contributed by atoms with Gasteiger partial charge in [0.25, 0.3) is 0 Å². The number of nitrogens with zero attached hydrogens (tertiary/aromatic N) is 1. The summed E-state index contributed by atoms with van der Waals surface area (Å²) in [4.78, 5) is 1.50. The molecule has 0 atom stereocenters. The van der Waals surface area contributed by atoms with Crippen molar-refractivity contribution < 1.29 is 10.6 Å². The molecule has 0 aromatic heterocycles. The summed E-state index contributed by atoms with van der Waals surface area (Å²) in [5, 5.41) is 8.29. The Morgan fingerprint density at radius 1 is 1.17 bits per heavy atom. The van der Waals surface area contributed by atoms with Crippen LogP contribution in [-0.4, -0.2) is 29.3 Å². The second-order valence-corrected chi connectivity index (χ2v) is 1.20. The Kier molecular flexibility index (Phi) is 113. The summed E-state index contributed by atoms with van der Waals surface area (Å²) in [6.45, 7) is 1.73. The molecule has 3 nitrogen and oxygen atoms in total. The van der Waals surface area contributed by atoms with E-state index >= 15 is 0 Å². The largest absolute Gasteiger partial charge is 0.412 e. The SMILES string of the molecule is C.C.C.C.CC#CN(C)CO.O. The smallest absolute Gasteiger partial charge is 0.122 e. The summed E-state index contributed by atoms with van der Waals surface area (Å²) in [6.07, 6.45) is 0. The third kappa shape index (κ3) is 34.7. The first-order valence-electron chi connectivity index (χ1n) is 2.05. The monoisotopic (exact) mass is 181 g/mol. The molecule has 0 saturated heterocycles. The molecule has 0 aliphatic rings. The molecule has 0 radical (unpaired) electrons. The molecule has 0 aliphatic heterocycles. The van der Waals surface area contributed by atoms with Gasteiger partial charge in [0, 0.05) is 13.1 Å². The molecule has 0 rings (SSSR count). The maximum Gasteiger partial charge on any atom is 0.122 e. The highest BCUT2D eigenvalue weighted by Gasteiger charge is 1.77. The number of rotatable bonds is 1. The zero-order valence-corrected chi connectivity index (χ0v) is 5.10. The number of hydrogen-bond acceptors (Lipinski definition) is 2. The fourth-order valence-corrected chi connectivity index (χ4v) is 0.226. The minimum absolute atomic E-state index is 0. The van der Waals surface area contributed by atoms with Crippen molar-refractivity contribution in [1.29, 1.82) is 0 Å². The first-order valence-corrected chi connectivity index (χ1v) is 2.05. The van der Waals surface area contributed by atoms with Crippen LogP contribution in [0.2, 0.25) is 0 Å². The average molecular weight is 181 g/mol. The van der Waals surface area contributed by atoms with Crippen LogP contribution < -0.4 is 0 Å². The van der Waals surface area contributed by atoms with Gasteiger partial charge in [-0.3, -0.25) is 0 Å². The van der Waals surface area contributed by atoms with Crippen molar-refractivity contribution in [3.63, 3.8) is 0 Å². The van der Waals surface area contributed by atoms with Crippen LogP contribution >= 0.6 is 0 Å². The van der Waals surface area contributed by atoms with Crippen molar-refractivity contribution in [1.82, 2.24) is 4.90 Å². The van der Waals surface area contributed by atoms with Crippen LogP contribution in [0.1, 0.15) is 36.6 Å². The highest BCUT2D eigenvalue weighted by atomic mass is 16.3. The van der Waals surface area contributed by atoms with Crippen LogP contribution in [0.5, 0.6) is 0 Å². The third-order valence-electron chi connectivity index (χ3n) is 0.515. The zero-order valence-electron chi connectivity index (χ0n) is 5.10. The molecule has 0 spiro atoms. The highest BCUT2D eigenvalue weighted by Crippen LogP contribution is 1.68. The zero-order chi connectivity index (χ0) is 5.70. The molecule has 0 saturated carbocycles. The van der Waals surface area contributed by atoms with Crippen LogP contribution in [0.15, 0.2) is 0 Å². The van der Waals surface area contributed by atoms with E-state index in [1.165, 1.54) is 4.90 Å². The van der Waals surface area contributed by atoms with Crippen molar-refractivity contribution in [2.45, 2.75) is 36.6 Å². The maximum absolute atomic E-state index is 8.29. The van der Waals surface area contributed by atoms with Gasteiger partial charge in [0.2, 0.25) is 0 Å². The summed E-state index contributed by atoms with van der Waals surface area (Å²) in [6, 6.07) is 2.63. The number of aliphatic hydroxyl groups excluding tert-OH is 1. The molecular weight excluding hydrogens is 154 g/mol. The van der Waals surface area contributed by atoms with E-state index in [4.69, 9.17) is 5.11 Å². The van der Waals surface area contributed by atoms with Gasteiger partial charge in [-0.2, -0.15) is 0 Å². The third-order valence-corrected chi connectivity index (χ3v) is 0.515. The molecule has 0 aliphatic carbocycles. The second kappa shape index (κ2) is 31.8. The van der Waals surface area contributed by atoms with Gasteiger partial charge in [-0.15, -0.1) is 0 Å². The molecule has 3 N–H and O–H groups in total. The molecule has 0 aromatic carbocycles. The summed E-state index contributed by atoms with van der Waals surface area (Å²) >= 11 is 0. The van der Waals surface area contributed by atoms with Gasteiger partial charge in [0.15, 0.2) is 0 Å². The summed E-state index contributed by atoms with van der Waals surface area (Å²) in [5.41, 5.74) is 0. The van der Waals surface area contributed by atoms with E-state index in [1.54, 1.807) is 14.0 Å². The molecule has 0 heterocycles. The van der Waals surface area contributed by atoms with Gasteiger partial charge < -0.3 is 15.5 Å². The molecule has 0 amide bonds. The Morgan fingerprint density at radius 2 is 1.50 bits per heavy atom. The first-order chi connectivity index (χ1) is 3.31. The lowest BCUT2D eigenvalue weighted by Gasteiger charge is -2.01. The van der Waals surface area contributed by atoms with Crippen LogP contribution in [0.4, 0.5) is 0 Å². The van der Waals surface area contributed by atoms with Crippen molar-refractivity contribution in [3.05, 3.63) is 0 Å². The van der Waals surface area contributed by atoms with E-state index in [1.807, 2.05) is 0 Å². The van der Waals surface area contributed by atoms with E-state index in [0.717, 1.165) is 0 Å². The minimum atomic E-state index is 0. The van der Waals surface area contributed by atoms with Crippen LogP contribution in [0, 0.1) is 12.0 Å². The lowest BCUT2D eigenvalue weighted by atomic mass is 10.7. The number of hydrogen-bond donors (Lipinski definition) is 1. The van der Waals surface area contributed by atoms with E-state index in [2.05, 4.69) is 12.0 Å². The van der Waals surface area contributed by atoms with Crippen molar-refractivity contribution in [3.8, 4) is 12.0 Å². The van der Waals surface area contributed by atoms with Crippen LogP contribution in [-0.2, 0) is 0 Å². The number of aliphatic hydroxyl groups is 1. The van der Waals surface area contributed by atoms with E-state index in [-0.39, 0.29) is 41.9 Å². The summed E-state index contributed by atoms with van der Waals surface area (Å²) in [5.74, 6) is 2.63. The lowest BCUT2D eigenvalue weighted by Crippen LogP contribution is -2.11. The molecule has 0 unspecified atom stereocenters. The quantitative estimate of drug-likeness (QED) is 0.379. The van der Waals surface area contributed by atoms with Gasteiger partial charge in [-0.1, -0.05) is 35.6 Å². The fourth-order valence-electron chi connectivity index (χ4n) is 0.226. The minimum Gasteiger partial charge on any atom is -0.412 e. The highest BCUT2D eigenvalue weighted by molar-refractivity contribution is 4.92. The standard InChI is InChI=1S/C5H9NO.4CH4.H2O/c1-3-4-6(2)5-7;;;;;/h7H,5H2,1-2H3;4*1H4;1H2. The molecule has 80 valence electrons. The van der Waals surface area contributed by atoms with Gasteiger partial charge in [0.05, 0.1) is 0 Å². The van der Waals surface area contributed by atoms with E-state index < -0.39 is 0 Å². The van der Waals surface area contributed by atoms with E-state index in [0.29, 0.717) is 0 Å². The van der Waals surface area contributed by atoms with Crippen molar-refractivity contribution in [2.75, 3.05) is 13.8 Å². The van der Waals surface area contributed by atoms with Gasteiger partial charge in [-0.25, -0.2) is 0 Å². The lowest BCUT2D eigenvalue weighted by molar-refractivity contribution is 0.183. The van der Waals surface area contributed by atoms with Crippen molar-refractivity contribution >= 4 is 0 Å². The van der Waals surface area contributed by atoms with Crippen LogP contribution in [0.25, 0.3) is 0 Å². The summed E-state index contributed by atoms with van der Waals surface area (Å²) < 4.78 is 0. The Labute approximate surface area is 78.7 Å². The second-order valence-electron chi connectivity index (χ2n) is 1.20. The van der Waals surface area contributed by atoms with Crippen LogP contribution in [0.3, 0.4) is 0 Å². The topological polar surface area (TPSA) is 55.0 Å². The molecule has 0 bridgehead atoms. The maximum atomic E-state index is 8.29. The molecule has 0 fully saturated rings. The Hall–Kier alpha value is -0.720. The predicted molar refractivity (Wildman–Crippen MR) is 58.8 cm³/mol. The Bertz CT molecular complexity index is 94.4. The molecule has 0 aromatic rings.